The molecule has 0 radical (unpaired) electrons. The highest BCUT2D eigenvalue weighted by Crippen LogP contribution is 2.24. The first-order chi connectivity index (χ1) is 13.4. The lowest BCUT2D eigenvalue weighted by Gasteiger charge is -2.13. The Hall–Kier alpha value is -3.67. The third kappa shape index (κ3) is 2.53. The third-order valence-electron chi connectivity index (χ3n) is 5.00. The van der Waals surface area contributed by atoms with Crippen LogP contribution in [0.15, 0.2) is 59.7 Å². The van der Waals surface area contributed by atoms with Crippen LogP contribution in [0.3, 0.4) is 0 Å². The summed E-state index contributed by atoms with van der Waals surface area (Å²) in [4.78, 5) is 38.3. The molecule has 0 spiro atoms. The van der Waals surface area contributed by atoms with Crippen LogP contribution in [0.25, 0.3) is 16.4 Å². The standard InChI is InChI=1S/C22H19N3O3/c1-13-11-14-7-4-5-10-25(14)18(13)21(27)16-9-6-8-15-19(16)24(3)12-17(20(15)26)22(28)23-2/h4-12H,1-3H3,(H,23,28). The van der Waals surface area contributed by atoms with Crippen molar-refractivity contribution in [3.8, 4) is 0 Å². The normalized spacial score (nSPS) is 11.1. The third-order valence-corrected chi connectivity index (χ3v) is 5.00. The van der Waals surface area contributed by atoms with Gasteiger partial charge in [-0.3, -0.25) is 14.4 Å². The Balaban J connectivity index is 2.01. The Morgan fingerprint density at radius 1 is 1.04 bits per heavy atom. The van der Waals surface area contributed by atoms with E-state index in [4.69, 9.17) is 0 Å². The highest BCUT2D eigenvalue weighted by molar-refractivity contribution is 6.16. The fraction of sp³-hybridized carbons (Fsp3) is 0.136. The minimum absolute atomic E-state index is 0.0476. The molecular formula is C22H19N3O3. The number of hydrogen-bond acceptors (Lipinski definition) is 3. The topological polar surface area (TPSA) is 72.6 Å². The SMILES string of the molecule is CNC(=O)c1cn(C)c2c(C(=O)c3c(C)cc4ccccn34)cccc2c1=O. The van der Waals surface area contributed by atoms with E-state index in [1.807, 2.05) is 41.8 Å². The Bertz CT molecular complexity index is 1330. The minimum atomic E-state index is -0.451. The summed E-state index contributed by atoms with van der Waals surface area (Å²) in [6.45, 7) is 1.90. The number of pyridine rings is 2. The number of carbonyl (C=O) groups is 2. The van der Waals surface area contributed by atoms with Crippen LogP contribution in [-0.4, -0.2) is 27.7 Å². The van der Waals surface area contributed by atoms with E-state index < -0.39 is 5.91 Å². The Morgan fingerprint density at radius 3 is 2.57 bits per heavy atom. The summed E-state index contributed by atoms with van der Waals surface area (Å²) in [7, 11) is 3.21. The van der Waals surface area contributed by atoms with Crippen LogP contribution in [0.2, 0.25) is 0 Å². The molecule has 1 aromatic carbocycles. The number of nitrogens with one attached hydrogen (secondary N) is 1. The van der Waals surface area contributed by atoms with Crippen molar-refractivity contribution in [1.82, 2.24) is 14.3 Å². The molecule has 0 saturated heterocycles. The number of benzene rings is 1. The van der Waals surface area contributed by atoms with Crippen molar-refractivity contribution in [3.63, 3.8) is 0 Å². The van der Waals surface area contributed by atoms with Gasteiger partial charge in [0.25, 0.3) is 5.91 Å². The molecule has 3 aromatic heterocycles. The van der Waals surface area contributed by atoms with Crippen molar-refractivity contribution in [3.05, 3.63) is 87.5 Å². The molecule has 1 N–H and O–H groups in total. The number of nitrogens with zero attached hydrogens (tertiary/aromatic N) is 2. The van der Waals surface area contributed by atoms with Crippen molar-refractivity contribution in [2.75, 3.05) is 7.05 Å². The van der Waals surface area contributed by atoms with Gasteiger partial charge in [-0.1, -0.05) is 12.1 Å². The lowest BCUT2D eigenvalue weighted by molar-refractivity contribution is 0.0961. The van der Waals surface area contributed by atoms with Gasteiger partial charge in [0.1, 0.15) is 5.56 Å². The van der Waals surface area contributed by atoms with Crippen LogP contribution in [0.5, 0.6) is 0 Å². The molecule has 6 heteroatoms. The van der Waals surface area contributed by atoms with E-state index in [1.165, 1.54) is 13.2 Å². The number of carbonyl (C=O) groups excluding carboxylic acids is 2. The molecule has 0 atom stereocenters. The van der Waals surface area contributed by atoms with Crippen LogP contribution in [0.1, 0.15) is 32.0 Å². The van der Waals surface area contributed by atoms with Gasteiger partial charge in [0.15, 0.2) is 0 Å². The summed E-state index contributed by atoms with van der Waals surface area (Å²) in [5.41, 5.74) is 2.94. The molecule has 1 amide bonds. The van der Waals surface area contributed by atoms with Crippen LogP contribution in [0, 0.1) is 6.92 Å². The van der Waals surface area contributed by atoms with E-state index in [1.54, 1.807) is 29.8 Å². The predicted molar refractivity (Wildman–Crippen MR) is 108 cm³/mol. The van der Waals surface area contributed by atoms with Crippen molar-refractivity contribution >= 4 is 28.1 Å². The van der Waals surface area contributed by atoms with Gasteiger partial charge in [-0.15, -0.1) is 0 Å². The maximum Gasteiger partial charge on any atom is 0.256 e. The molecular weight excluding hydrogens is 354 g/mol. The van der Waals surface area contributed by atoms with E-state index in [-0.39, 0.29) is 16.8 Å². The van der Waals surface area contributed by atoms with Crippen molar-refractivity contribution in [1.29, 1.82) is 0 Å². The number of amides is 1. The second-order valence-corrected chi connectivity index (χ2v) is 6.76. The van der Waals surface area contributed by atoms with Gasteiger partial charge in [-0.05, 0) is 42.8 Å². The summed E-state index contributed by atoms with van der Waals surface area (Å²) in [6, 6.07) is 12.7. The number of rotatable bonds is 3. The van der Waals surface area contributed by atoms with E-state index in [9.17, 15) is 14.4 Å². The molecule has 3 heterocycles. The summed E-state index contributed by atoms with van der Waals surface area (Å²) in [6.07, 6.45) is 3.33. The molecule has 0 aliphatic carbocycles. The molecule has 0 unspecified atom stereocenters. The van der Waals surface area contributed by atoms with E-state index in [2.05, 4.69) is 5.32 Å². The number of aryl methyl sites for hydroxylation is 2. The maximum atomic E-state index is 13.5. The molecule has 0 aliphatic rings. The fourth-order valence-corrected chi connectivity index (χ4v) is 3.72. The zero-order valence-electron chi connectivity index (χ0n) is 15.8. The molecule has 0 bridgehead atoms. The summed E-state index contributed by atoms with van der Waals surface area (Å²) < 4.78 is 3.52. The Morgan fingerprint density at radius 2 is 1.82 bits per heavy atom. The number of hydrogen-bond donors (Lipinski definition) is 1. The van der Waals surface area contributed by atoms with Crippen LogP contribution in [0.4, 0.5) is 0 Å². The lowest BCUT2D eigenvalue weighted by atomic mass is 10.0. The quantitative estimate of drug-likeness (QED) is 0.561. The first kappa shape index (κ1) is 17.7. The monoisotopic (exact) mass is 373 g/mol. The molecule has 4 aromatic rings. The smallest absolute Gasteiger partial charge is 0.256 e. The van der Waals surface area contributed by atoms with Gasteiger partial charge in [0.2, 0.25) is 11.2 Å². The van der Waals surface area contributed by atoms with Gasteiger partial charge in [0, 0.05) is 43.0 Å². The van der Waals surface area contributed by atoms with E-state index in [0.717, 1.165) is 11.1 Å². The molecule has 28 heavy (non-hydrogen) atoms. The average Bonchev–Trinajstić information content (AvgIpc) is 3.04. The zero-order chi connectivity index (χ0) is 20.0. The second kappa shape index (κ2) is 6.49. The van der Waals surface area contributed by atoms with Crippen molar-refractivity contribution < 1.29 is 9.59 Å². The second-order valence-electron chi connectivity index (χ2n) is 6.76. The molecule has 6 nitrogen and oxygen atoms in total. The zero-order valence-corrected chi connectivity index (χ0v) is 15.8. The summed E-state index contributed by atoms with van der Waals surface area (Å²) >= 11 is 0. The fourth-order valence-electron chi connectivity index (χ4n) is 3.72. The van der Waals surface area contributed by atoms with Crippen LogP contribution < -0.4 is 10.7 Å². The summed E-state index contributed by atoms with van der Waals surface area (Å²) in [5.74, 6) is -0.621. The van der Waals surface area contributed by atoms with Crippen LogP contribution >= 0.6 is 0 Å². The van der Waals surface area contributed by atoms with Gasteiger partial charge in [-0.2, -0.15) is 0 Å². The molecule has 0 aliphatic heterocycles. The van der Waals surface area contributed by atoms with Crippen molar-refractivity contribution in [2.24, 2.45) is 7.05 Å². The number of fused-ring (bicyclic) bond motifs is 2. The number of ketones is 1. The highest BCUT2D eigenvalue weighted by Gasteiger charge is 2.22. The predicted octanol–water partition coefficient (Wildman–Crippen LogP) is 2.69. The van der Waals surface area contributed by atoms with Crippen molar-refractivity contribution in [2.45, 2.75) is 6.92 Å². The van der Waals surface area contributed by atoms with Gasteiger partial charge < -0.3 is 14.3 Å². The minimum Gasteiger partial charge on any atom is -0.355 e. The molecule has 140 valence electrons. The molecule has 0 saturated carbocycles. The number of para-hydroxylation sites is 1. The molecule has 4 rings (SSSR count). The molecule has 0 fully saturated rings. The largest absolute Gasteiger partial charge is 0.355 e. The number of aromatic nitrogens is 2. The first-order valence-electron chi connectivity index (χ1n) is 8.90. The maximum absolute atomic E-state index is 13.5. The van der Waals surface area contributed by atoms with Crippen LogP contribution in [-0.2, 0) is 7.05 Å². The van der Waals surface area contributed by atoms with Gasteiger partial charge in [0.05, 0.1) is 11.2 Å². The highest BCUT2D eigenvalue weighted by atomic mass is 16.2. The Kier molecular flexibility index (Phi) is 4.11. The summed E-state index contributed by atoms with van der Waals surface area (Å²) in [5, 5.41) is 2.82. The first-order valence-corrected chi connectivity index (χ1v) is 8.90. The Labute approximate surface area is 161 Å². The average molecular weight is 373 g/mol. The van der Waals surface area contributed by atoms with Gasteiger partial charge in [-0.25, -0.2) is 0 Å². The van der Waals surface area contributed by atoms with E-state index >= 15 is 0 Å². The van der Waals surface area contributed by atoms with E-state index in [0.29, 0.717) is 22.2 Å². The lowest BCUT2D eigenvalue weighted by Crippen LogP contribution is -2.27. The van der Waals surface area contributed by atoms with Gasteiger partial charge >= 0.3 is 0 Å².